The molecule has 32 heavy (non-hydrogen) atoms. The van der Waals surface area contributed by atoms with Crippen molar-refractivity contribution in [2.24, 2.45) is 0 Å². The molecule has 0 atom stereocenters. The zero-order valence-electron chi connectivity index (χ0n) is 17.4. The van der Waals surface area contributed by atoms with Crippen LogP contribution in [0.1, 0.15) is 20.8 Å². The van der Waals surface area contributed by atoms with E-state index in [1.165, 1.54) is 21.6 Å². The number of benzene rings is 3. The maximum absolute atomic E-state index is 12.7. The highest BCUT2D eigenvalue weighted by Crippen LogP contribution is 2.31. The minimum atomic E-state index is -0.121. The number of thiazole rings is 1. The van der Waals surface area contributed by atoms with Crippen molar-refractivity contribution in [2.75, 3.05) is 5.32 Å². The summed E-state index contributed by atoms with van der Waals surface area (Å²) in [4.78, 5) is 18.0. The van der Waals surface area contributed by atoms with E-state index in [4.69, 9.17) is 9.72 Å². The predicted octanol–water partition coefficient (Wildman–Crippen LogP) is 7.16. The number of nitrogens with one attached hydrogen (secondary N) is 1. The summed E-state index contributed by atoms with van der Waals surface area (Å²) in [5, 5.41) is 5.90. The molecule has 2 heterocycles. The summed E-state index contributed by atoms with van der Waals surface area (Å²) in [5.41, 5.74) is 5.02. The summed E-state index contributed by atoms with van der Waals surface area (Å²) < 4.78 is 6.94. The first-order valence-corrected chi connectivity index (χ1v) is 11.9. The highest BCUT2D eigenvalue weighted by Gasteiger charge is 2.11. The zero-order valence-corrected chi connectivity index (χ0v) is 19.0. The molecule has 0 saturated carbocycles. The topological polar surface area (TPSA) is 51.2 Å². The Hall–Kier alpha value is -3.48. The fraction of sp³-hybridized carbons (Fsp3) is 0.0769. The van der Waals surface area contributed by atoms with Gasteiger partial charge in [0.25, 0.3) is 5.91 Å². The van der Waals surface area contributed by atoms with Gasteiger partial charge in [-0.3, -0.25) is 4.79 Å². The molecule has 0 saturated heterocycles. The molecule has 4 nitrogen and oxygen atoms in total. The van der Waals surface area contributed by atoms with E-state index in [0.29, 0.717) is 11.5 Å². The van der Waals surface area contributed by atoms with Crippen LogP contribution in [0.4, 0.5) is 5.69 Å². The zero-order chi connectivity index (χ0) is 21.9. The number of fused-ring (bicyclic) bond motifs is 1. The molecule has 6 heteroatoms. The number of nitrogens with zero attached hydrogens (tertiary/aromatic N) is 1. The molecule has 5 rings (SSSR count). The van der Waals surface area contributed by atoms with Crippen LogP contribution in [0, 0.1) is 6.92 Å². The molecule has 0 spiro atoms. The van der Waals surface area contributed by atoms with Crippen LogP contribution in [0.15, 0.2) is 84.2 Å². The number of aromatic nitrogens is 1. The van der Waals surface area contributed by atoms with Crippen LogP contribution in [-0.4, -0.2) is 10.9 Å². The second-order valence-electron chi connectivity index (χ2n) is 7.44. The van der Waals surface area contributed by atoms with Crippen molar-refractivity contribution in [3.8, 4) is 16.3 Å². The number of thiophene rings is 1. The number of carbonyl (C=O) groups is 1. The van der Waals surface area contributed by atoms with E-state index < -0.39 is 0 Å². The van der Waals surface area contributed by atoms with Crippen molar-refractivity contribution in [3.63, 3.8) is 0 Å². The molecule has 1 N–H and O–H groups in total. The third-order valence-electron chi connectivity index (χ3n) is 4.96. The summed E-state index contributed by atoms with van der Waals surface area (Å²) in [5.74, 6) is 0.692. The molecule has 0 aliphatic heterocycles. The van der Waals surface area contributed by atoms with Crippen LogP contribution in [0.25, 0.3) is 20.8 Å². The number of aryl methyl sites for hydroxylation is 1. The van der Waals surface area contributed by atoms with Gasteiger partial charge < -0.3 is 10.1 Å². The fourth-order valence-corrected chi connectivity index (χ4v) is 5.16. The molecule has 158 valence electrons. The van der Waals surface area contributed by atoms with Crippen molar-refractivity contribution in [2.45, 2.75) is 13.5 Å². The van der Waals surface area contributed by atoms with Gasteiger partial charge in [0.1, 0.15) is 17.4 Å². The molecule has 0 unspecified atom stereocenters. The highest BCUT2D eigenvalue weighted by molar-refractivity contribution is 7.21. The third-order valence-corrected chi connectivity index (χ3v) is 7.00. The van der Waals surface area contributed by atoms with E-state index in [1.807, 2.05) is 66.0 Å². The monoisotopic (exact) mass is 456 g/mol. The average molecular weight is 457 g/mol. The molecule has 0 radical (unpaired) electrons. The minimum Gasteiger partial charge on any atom is -0.489 e. The number of hydrogen-bond acceptors (Lipinski definition) is 5. The van der Waals surface area contributed by atoms with E-state index in [-0.39, 0.29) is 5.91 Å². The van der Waals surface area contributed by atoms with Crippen molar-refractivity contribution in [1.82, 2.24) is 4.98 Å². The molecule has 1 amide bonds. The summed E-state index contributed by atoms with van der Waals surface area (Å²) in [7, 11) is 0. The Morgan fingerprint density at radius 1 is 1.00 bits per heavy atom. The molecule has 0 aliphatic carbocycles. The average Bonchev–Trinajstić information content (AvgIpc) is 3.46. The minimum absolute atomic E-state index is 0.121. The molecular weight excluding hydrogens is 436 g/mol. The van der Waals surface area contributed by atoms with Crippen LogP contribution in [-0.2, 0) is 6.61 Å². The van der Waals surface area contributed by atoms with Gasteiger partial charge in [-0.2, -0.15) is 0 Å². The Bertz CT molecular complexity index is 1370. The van der Waals surface area contributed by atoms with Gasteiger partial charge in [0.05, 0.1) is 15.1 Å². The molecule has 2 aromatic heterocycles. The first-order chi connectivity index (χ1) is 15.6. The SMILES string of the molecule is Cc1ccc2nc(-c3ccc(NC(=O)c4cc(COc5ccccc5)cs4)cc3)sc2c1. The van der Waals surface area contributed by atoms with E-state index >= 15 is 0 Å². The lowest BCUT2D eigenvalue weighted by molar-refractivity contribution is 0.103. The van der Waals surface area contributed by atoms with Gasteiger partial charge in [-0.15, -0.1) is 22.7 Å². The number of amides is 1. The highest BCUT2D eigenvalue weighted by atomic mass is 32.1. The first-order valence-electron chi connectivity index (χ1n) is 10.2. The number of para-hydroxylation sites is 1. The smallest absolute Gasteiger partial charge is 0.265 e. The van der Waals surface area contributed by atoms with Crippen molar-refractivity contribution < 1.29 is 9.53 Å². The summed E-state index contributed by atoms with van der Waals surface area (Å²) in [6.45, 7) is 2.52. The Labute approximate surface area is 194 Å². The lowest BCUT2D eigenvalue weighted by atomic mass is 10.2. The van der Waals surface area contributed by atoms with Gasteiger partial charge in [0.2, 0.25) is 0 Å². The summed E-state index contributed by atoms with van der Waals surface area (Å²) in [6, 6.07) is 25.6. The van der Waals surface area contributed by atoms with E-state index in [2.05, 4.69) is 30.4 Å². The molecule has 5 aromatic rings. The fourth-order valence-electron chi connectivity index (χ4n) is 3.30. The number of rotatable bonds is 6. The first kappa shape index (κ1) is 20.4. The largest absolute Gasteiger partial charge is 0.489 e. The number of hydrogen-bond donors (Lipinski definition) is 1. The van der Waals surface area contributed by atoms with Gasteiger partial charge in [0.15, 0.2) is 0 Å². The standard InChI is InChI=1S/C26H20N2O2S2/c1-17-7-12-22-23(13-17)32-26(28-22)19-8-10-20(11-9-19)27-25(29)24-14-18(16-31-24)15-30-21-5-3-2-4-6-21/h2-14,16H,15H2,1H3,(H,27,29). The maximum Gasteiger partial charge on any atom is 0.265 e. The Kier molecular flexibility index (Phi) is 5.71. The number of ether oxygens (including phenoxy) is 1. The second-order valence-corrected chi connectivity index (χ2v) is 9.38. The van der Waals surface area contributed by atoms with Crippen molar-refractivity contribution in [3.05, 3.63) is 100 Å². The van der Waals surface area contributed by atoms with E-state index in [9.17, 15) is 4.79 Å². The summed E-state index contributed by atoms with van der Waals surface area (Å²) in [6.07, 6.45) is 0. The van der Waals surface area contributed by atoms with Gasteiger partial charge in [-0.05, 0) is 72.5 Å². The summed E-state index contributed by atoms with van der Waals surface area (Å²) >= 11 is 3.09. The predicted molar refractivity (Wildman–Crippen MR) is 133 cm³/mol. The Balaban J connectivity index is 1.23. The maximum atomic E-state index is 12.7. The number of carbonyl (C=O) groups excluding carboxylic acids is 1. The van der Waals surface area contributed by atoms with Crippen molar-refractivity contribution >= 4 is 44.5 Å². The van der Waals surface area contributed by atoms with E-state index in [1.54, 1.807) is 11.3 Å². The molecular formula is C26H20N2O2S2. The second kappa shape index (κ2) is 8.94. The molecule has 0 bridgehead atoms. The molecule has 0 aliphatic rings. The normalized spacial score (nSPS) is 10.9. The van der Waals surface area contributed by atoms with Crippen molar-refractivity contribution in [1.29, 1.82) is 0 Å². The van der Waals surface area contributed by atoms with Gasteiger partial charge in [-0.25, -0.2) is 4.98 Å². The quantitative estimate of drug-likeness (QED) is 0.295. The molecule has 0 fully saturated rings. The Morgan fingerprint density at radius 2 is 1.81 bits per heavy atom. The lowest BCUT2D eigenvalue weighted by Gasteiger charge is -2.05. The van der Waals surface area contributed by atoms with Gasteiger partial charge in [0, 0.05) is 16.8 Å². The van der Waals surface area contributed by atoms with Crippen LogP contribution in [0.3, 0.4) is 0 Å². The van der Waals surface area contributed by atoms with Gasteiger partial charge >= 0.3 is 0 Å². The van der Waals surface area contributed by atoms with E-state index in [0.717, 1.165) is 33.1 Å². The Morgan fingerprint density at radius 3 is 2.62 bits per heavy atom. The van der Waals surface area contributed by atoms with Crippen LogP contribution < -0.4 is 10.1 Å². The number of anilines is 1. The third kappa shape index (κ3) is 4.56. The van der Waals surface area contributed by atoms with Crippen LogP contribution in [0.2, 0.25) is 0 Å². The van der Waals surface area contributed by atoms with Gasteiger partial charge in [-0.1, -0.05) is 24.3 Å². The lowest BCUT2D eigenvalue weighted by Crippen LogP contribution is -2.10. The van der Waals surface area contributed by atoms with Crippen LogP contribution in [0.5, 0.6) is 5.75 Å². The molecule has 3 aromatic carbocycles. The van der Waals surface area contributed by atoms with Crippen LogP contribution >= 0.6 is 22.7 Å².